The number of hydrogen-bond donors (Lipinski definition) is 2. The quantitative estimate of drug-likeness (QED) is 0.910. The van der Waals surface area contributed by atoms with E-state index in [1.807, 2.05) is 19.3 Å². The number of carboxylic acid groups (broad SMARTS) is 1. The average molecular weight is 310 g/mol. The van der Waals surface area contributed by atoms with E-state index in [0.717, 1.165) is 15.9 Å². The third kappa shape index (κ3) is 2.89. The molecule has 1 aromatic heterocycles. The van der Waals surface area contributed by atoms with Gasteiger partial charge in [0.15, 0.2) is 0 Å². The van der Waals surface area contributed by atoms with Gasteiger partial charge in [-0.2, -0.15) is 5.10 Å². The summed E-state index contributed by atoms with van der Waals surface area (Å²) in [4.78, 5) is 10.8. The fourth-order valence-electron chi connectivity index (χ4n) is 1.52. The largest absolute Gasteiger partial charge is 0.478 e. The van der Waals surface area contributed by atoms with E-state index < -0.39 is 5.97 Å². The number of rotatable bonds is 4. The number of nitrogens with zero attached hydrogens (tertiary/aromatic N) is 2. The second kappa shape index (κ2) is 5.22. The third-order valence-corrected chi connectivity index (χ3v) is 3.21. The van der Waals surface area contributed by atoms with E-state index in [1.165, 1.54) is 0 Å². The number of nitrogens with one attached hydrogen (secondary N) is 1. The lowest BCUT2D eigenvalue weighted by atomic mass is 10.1. The molecule has 0 fully saturated rings. The molecular weight excluding hydrogens is 298 g/mol. The molecule has 1 aromatic carbocycles. The standard InChI is InChI=1S/C12H12BrN3O2/c1-16-5-4-11(15-16)14-7-9-3-2-8(12(17)18)6-10(9)13/h2-6H,7H2,1H3,(H,14,15)(H,17,18). The van der Waals surface area contributed by atoms with Gasteiger partial charge in [-0.15, -0.1) is 0 Å². The number of benzene rings is 1. The van der Waals surface area contributed by atoms with Crippen molar-refractivity contribution >= 4 is 27.7 Å². The Balaban J connectivity index is 2.08. The predicted molar refractivity (Wildman–Crippen MR) is 71.6 cm³/mol. The van der Waals surface area contributed by atoms with Gasteiger partial charge in [-0.3, -0.25) is 4.68 Å². The monoisotopic (exact) mass is 309 g/mol. The fraction of sp³-hybridized carbons (Fsp3) is 0.167. The summed E-state index contributed by atoms with van der Waals surface area (Å²) in [5.74, 6) is -0.147. The molecule has 0 spiro atoms. The summed E-state index contributed by atoms with van der Waals surface area (Å²) in [7, 11) is 1.85. The Morgan fingerprint density at radius 3 is 2.83 bits per heavy atom. The van der Waals surface area contributed by atoms with Crippen molar-refractivity contribution in [3.63, 3.8) is 0 Å². The molecule has 0 radical (unpaired) electrons. The van der Waals surface area contributed by atoms with Gasteiger partial charge in [-0.1, -0.05) is 22.0 Å². The number of aromatic nitrogens is 2. The Kier molecular flexibility index (Phi) is 3.66. The first kappa shape index (κ1) is 12.6. The van der Waals surface area contributed by atoms with Crippen LogP contribution in [0, 0.1) is 0 Å². The zero-order chi connectivity index (χ0) is 13.1. The van der Waals surface area contributed by atoms with E-state index in [9.17, 15) is 4.79 Å². The summed E-state index contributed by atoms with van der Waals surface area (Å²) in [6.45, 7) is 0.581. The molecule has 94 valence electrons. The molecule has 0 saturated carbocycles. The fourth-order valence-corrected chi connectivity index (χ4v) is 2.04. The van der Waals surface area contributed by atoms with Crippen molar-refractivity contribution in [1.82, 2.24) is 9.78 Å². The summed E-state index contributed by atoms with van der Waals surface area (Å²) in [6.07, 6.45) is 1.85. The van der Waals surface area contributed by atoms with Gasteiger partial charge in [0, 0.05) is 30.3 Å². The number of carboxylic acids is 1. The normalized spacial score (nSPS) is 10.3. The maximum Gasteiger partial charge on any atom is 0.335 e. The van der Waals surface area contributed by atoms with E-state index in [4.69, 9.17) is 5.11 Å². The van der Waals surface area contributed by atoms with Crippen LogP contribution >= 0.6 is 15.9 Å². The lowest BCUT2D eigenvalue weighted by molar-refractivity contribution is 0.0697. The summed E-state index contributed by atoms with van der Waals surface area (Å²) < 4.78 is 2.48. The van der Waals surface area contributed by atoms with E-state index in [-0.39, 0.29) is 5.56 Å². The molecule has 18 heavy (non-hydrogen) atoms. The molecule has 0 aliphatic rings. The highest BCUT2D eigenvalue weighted by Crippen LogP contribution is 2.19. The summed E-state index contributed by atoms with van der Waals surface area (Å²) >= 11 is 3.37. The SMILES string of the molecule is Cn1ccc(NCc2ccc(C(=O)O)cc2Br)n1. The topological polar surface area (TPSA) is 67.2 Å². The van der Waals surface area contributed by atoms with Crippen LogP contribution in [0.15, 0.2) is 34.9 Å². The Morgan fingerprint density at radius 2 is 2.28 bits per heavy atom. The smallest absolute Gasteiger partial charge is 0.335 e. The van der Waals surface area contributed by atoms with E-state index in [1.54, 1.807) is 22.9 Å². The van der Waals surface area contributed by atoms with Crippen molar-refractivity contribution in [3.8, 4) is 0 Å². The van der Waals surface area contributed by atoms with Crippen LogP contribution in [0.2, 0.25) is 0 Å². The summed E-state index contributed by atoms with van der Waals surface area (Å²) in [5.41, 5.74) is 1.24. The van der Waals surface area contributed by atoms with Crippen molar-refractivity contribution in [3.05, 3.63) is 46.1 Å². The van der Waals surface area contributed by atoms with Crippen molar-refractivity contribution in [2.45, 2.75) is 6.54 Å². The van der Waals surface area contributed by atoms with Crippen LogP contribution in [0.3, 0.4) is 0 Å². The van der Waals surface area contributed by atoms with Gasteiger partial charge in [0.1, 0.15) is 5.82 Å². The average Bonchev–Trinajstić information content (AvgIpc) is 2.73. The molecule has 6 heteroatoms. The van der Waals surface area contributed by atoms with Gasteiger partial charge < -0.3 is 10.4 Å². The summed E-state index contributed by atoms with van der Waals surface area (Å²) in [6, 6.07) is 6.84. The minimum absolute atomic E-state index is 0.267. The van der Waals surface area contributed by atoms with Crippen LogP contribution in [0.5, 0.6) is 0 Å². The van der Waals surface area contributed by atoms with Gasteiger partial charge in [0.05, 0.1) is 5.56 Å². The van der Waals surface area contributed by atoms with Crippen LogP contribution in [0.25, 0.3) is 0 Å². The number of carbonyl (C=O) groups is 1. The van der Waals surface area contributed by atoms with Gasteiger partial charge in [0.25, 0.3) is 0 Å². The lowest BCUT2D eigenvalue weighted by Gasteiger charge is -2.06. The highest BCUT2D eigenvalue weighted by molar-refractivity contribution is 9.10. The van der Waals surface area contributed by atoms with Crippen molar-refractivity contribution < 1.29 is 9.90 Å². The molecule has 0 saturated heterocycles. The Hall–Kier alpha value is -1.82. The highest BCUT2D eigenvalue weighted by atomic mass is 79.9. The van der Waals surface area contributed by atoms with Gasteiger partial charge in [0.2, 0.25) is 0 Å². The molecule has 0 amide bonds. The maximum absolute atomic E-state index is 10.8. The van der Waals surface area contributed by atoms with Crippen LogP contribution in [-0.2, 0) is 13.6 Å². The second-order valence-corrected chi connectivity index (χ2v) is 4.69. The molecule has 0 aliphatic heterocycles. The van der Waals surface area contributed by atoms with Crippen LogP contribution in [0.4, 0.5) is 5.82 Å². The lowest BCUT2D eigenvalue weighted by Crippen LogP contribution is -2.03. The minimum Gasteiger partial charge on any atom is -0.478 e. The molecule has 5 nitrogen and oxygen atoms in total. The number of anilines is 1. The number of aromatic carboxylic acids is 1. The van der Waals surface area contributed by atoms with Gasteiger partial charge in [-0.05, 0) is 17.7 Å². The van der Waals surface area contributed by atoms with E-state index in [2.05, 4.69) is 26.3 Å². The molecule has 2 aromatic rings. The van der Waals surface area contributed by atoms with Crippen molar-refractivity contribution in [2.75, 3.05) is 5.32 Å². The molecule has 2 N–H and O–H groups in total. The highest BCUT2D eigenvalue weighted by Gasteiger charge is 2.06. The number of halogens is 1. The van der Waals surface area contributed by atoms with E-state index in [0.29, 0.717) is 6.54 Å². The van der Waals surface area contributed by atoms with Gasteiger partial charge >= 0.3 is 5.97 Å². The van der Waals surface area contributed by atoms with Crippen molar-refractivity contribution in [2.24, 2.45) is 7.05 Å². The maximum atomic E-state index is 10.8. The van der Waals surface area contributed by atoms with Gasteiger partial charge in [-0.25, -0.2) is 4.79 Å². The Morgan fingerprint density at radius 1 is 1.50 bits per heavy atom. The molecule has 0 atom stereocenters. The zero-order valence-electron chi connectivity index (χ0n) is 9.72. The van der Waals surface area contributed by atoms with Crippen LogP contribution in [0.1, 0.15) is 15.9 Å². The molecule has 2 rings (SSSR count). The predicted octanol–water partition coefficient (Wildman–Crippen LogP) is 2.49. The third-order valence-electron chi connectivity index (χ3n) is 2.47. The van der Waals surface area contributed by atoms with Crippen molar-refractivity contribution in [1.29, 1.82) is 0 Å². The van der Waals surface area contributed by atoms with Crippen LogP contribution in [-0.4, -0.2) is 20.9 Å². The molecule has 0 unspecified atom stereocenters. The second-order valence-electron chi connectivity index (χ2n) is 3.84. The molecular formula is C12H12BrN3O2. The zero-order valence-corrected chi connectivity index (χ0v) is 11.3. The van der Waals surface area contributed by atoms with Crippen LogP contribution < -0.4 is 5.32 Å². The Labute approximate surface area is 113 Å². The Bertz CT molecular complexity index is 580. The molecule has 0 bridgehead atoms. The minimum atomic E-state index is -0.931. The molecule has 0 aliphatic carbocycles. The number of hydrogen-bond acceptors (Lipinski definition) is 3. The first-order chi connectivity index (χ1) is 8.56. The summed E-state index contributed by atoms with van der Waals surface area (Å²) in [5, 5.41) is 16.2. The first-order valence-corrected chi connectivity index (χ1v) is 6.11. The molecule has 1 heterocycles. The number of aryl methyl sites for hydroxylation is 1. The van der Waals surface area contributed by atoms with E-state index >= 15 is 0 Å². The first-order valence-electron chi connectivity index (χ1n) is 5.31.